The molecule has 0 aliphatic carbocycles. The second-order valence-electron chi connectivity index (χ2n) is 7.62. The number of methoxy groups -OCH3 is 1. The molecule has 0 radical (unpaired) electrons. The number of carbonyl (C=O) groups is 1. The van der Waals surface area contributed by atoms with Gasteiger partial charge in [-0.15, -0.1) is 0 Å². The largest absolute Gasteiger partial charge is 0.493 e. The number of hydrogen-bond acceptors (Lipinski definition) is 6. The zero-order chi connectivity index (χ0) is 23.0. The molecule has 2 heterocycles. The van der Waals surface area contributed by atoms with Crippen molar-refractivity contribution in [3.05, 3.63) is 77.5 Å². The Morgan fingerprint density at radius 2 is 1.94 bits per heavy atom. The van der Waals surface area contributed by atoms with Crippen LogP contribution in [0.5, 0.6) is 17.2 Å². The number of furan rings is 1. The van der Waals surface area contributed by atoms with Gasteiger partial charge in [0.1, 0.15) is 30.5 Å². The van der Waals surface area contributed by atoms with Crippen molar-refractivity contribution in [2.75, 3.05) is 20.3 Å². The molecule has 1 aliphatic heterocycles. The van der Waals surface area contributed by atoms with Gasteiger partial charge in [-0.25, -0.2) is 4.39 Å². The molecule has 3 aromatic rings. The summed E-state index contributed by atoms with van der Waals surface area (Å²) in [6.07, 6.45) is 2.18. The molecular formula is C25H26FNO6. The van der Waals surface area contributed by atoms with Crippen molar-refractivity contribution in [2.24, 2.45) is 0 Å². The molecule has 1 aliphatic rings. The van der Waals surface area contributed by atoms with Crippen LogP contribution < -0.4 is 19.5 Å². The number of amides is 1. The summed E-state index contributed by atoms with van der Waals surface area (Å²) >= 11 is 0. The Balaban J connectivity index is 1.27. The van der Waals surface area contributed by atoms with Gasteiger partial charge in [-0.2, -0.15) is 0 Å². The lowest BCUT2D eigenvalue weighted by Crippen LogP contribution is -2.22. The van der Waals surface area contributed by atoms with Crippen LogP contribution in [0.3, 0.4) is 0 Å². The van der Waals surface area contributed by atoms with Crippen molar-refractivity contribution in [3.63, 3.8) is 0 Å². The summed E-state index contributed by atoms with van der Waals surface area (Å²) in [4.78, 5) is 12.5. The SMILES string of the molecule is COc1cc(CNC(=O)c2ccc(COc3ccc(F)cc3)o2)ccc1OCC1CCCO1. The second-order valence-corrected chi connectivity index (χ2v) is 7.62. The molecule has 1 N–H and O–H groups in total. The molecule has 1 saturated heterocycles. The Labute approximate surface area is 191 Å². The lowest BCUT2D eigenvalue weighted by molar-refractivity contribution is 0.0669. The normalized spacial score (nSPS) is 15.3. The summed E-state index contributed by atoms with van der Waals surface area (Å²) in [5, 5.41) is 2.82. The number of ether oxygens (including phenoxy) is 4. The number of rotatable bonds is 10. The van der Waals surface area contributed by atoms with E-state index in [1.165, 1.54) is 24.3 Å². The smallest absolute Gasteiger partial charge is 0.287 e. The summed E-state index contributed by atoms with van der Waals surface area (Å²) in [7, 11) is 1.58. The third kappa shape index (κ3) is 6.26. The predicted molar refractivity (Wildman–Crippen MR) is 118 cm³/mol. The molecule has 2 aromatic carbocycles. The zero-order valence-electron chi connectivity index (χ0n) is 18.3. The molecule has 8 heteroatoms. The van der Waals surface area contributed by atoms with Gasteiger partial charge < -0.3 is 28.7 Å². The van der Waals surface area contributed by atoms with E-state index in [1.807, 2.05) is 18.2 Å². The van der Waals surface area contributed by atoms with E-state index >= 15 is 0 Å². The van der Waals surface area contributed by atoms with Gasteiger partial charge in [-0.1, -0.05) is 6.07 Å². The first kappa shape index (κ1) is 22.7. The number of benzene rings is 2. The maximum atomic E-state index is 13.0. The minimum atomic E-state index is -0.347. The van der Waals surface area contributed by atoms with Gasteiger partial charge in [0.25, 0.3) is 5.91 Å². The van der Waals surface area contributed by atoms with E-state index in [9.17, 15) is 9.18 Å². The Hall–Kier alpha value is -3.52. The maximum absolute atomic E-state index is 13.0. The quantitative estimate of drug-likeness (QED) is 0.485. The minimum absolute atomic E-state index is 0.118. The van der Waals surface area contributed by atoms with Gasteiger partial charge >= 0.3 is 0 Å². The van der Waals surface area contributed by atoms with E-state index in [1.54, 1.807) is 19.2 Å². The van der Waals surface area contributed by atoms with E-state index in [-0.39, 0.29) is 30.2 Å². The van der Waals surface area contributed by atoms with Crippen LogP contribution in [0.25, 0.3) is 0 Å². The van der Waals surface area contributed by atoms with E-state index < -0.39 is 0 Å². The first-order valence-corrected chi connectivity index (χ1v) is 10.8. The van der Waals surface area contributed by atoms with Crippen LogP contribution in [0.1, 0.15) is 34.7 Å². The number of carbonyl (C=O) groups excluding carboxylic acids is 1. The highest BCUT2D eigenvalue weighted by atomic mass is 19.1. The van der Waals surface area contributed by atoms with Crippen molar-refractivity contribution in [2.45, 2.75) is 32.1 Å². The zero-order valence-corrected chi connectivity index (χ0v) is 18.3. The first-order valence-electron chi connectivity index (χ1n) is 10.8. The lowest BCUT2D eigenvalue weighted by Gasteiger charge is -2.15. The van der Waals surface area contributed by atoms with Gasteiger partial charge in [-0.3, -0.25) is 4.79 Å². The standard InChI is InChI=1S/C25H26FNO6/c1-29-24-13-17(4-10-22(24)32-15-20-3-2-12-30-20)14-27-25(28)23-11-9-21(33-23)16-31-19-7-5-18(26)6-8-19/h4-11,13,20H,2-3,12,14-16H2,1H3,(H,27,28). The van der Waals surface area contributed by atoms with E-state index in [0.717, 1.165) is 25.0 Å². The van der Waals surface area contributed by atoms with E-state index in [4.69, 9.17) is 23.4 Å². The van der Waals surface area contributed by atoms with Gasteiger partial charge in [-0.05, 0) is 66.9 Å². The van der Waals surface area contributed by atoms with E-state index in [2.05, 4.69) is 5.32 Å². The van der Waals surface area contributed by atoms with Crippen molar-refractivity contribution in [3.8, 4) is 17.2 Å². The minimum Gasteiger partial charge on any atom is -0.493 e. The Bertz CT molecular complexity index is 1060. The van der Waals surface area contributed by atoms with Gasteiger partial charge in [0.15, 0.2) is 17.3 Å². The fourth-order valence-electron chi connectivity index (χ4n) is 3.43. The van der Waals surface area contributed by atoms with Gasteiger partial charge in [0.05, 0.1) is 13.2 Å². The fourth-order valence-corrected chi connectivity index (χ4v) is 3.43. The van der Waals surface area contributed by atoms with Crippen molar-refractivity contribution >= 4 is 5.91 Å². The van der Waals surface area contributed by atoms with Crippen LogP contribution in [0.2, 0.25) is 0 Å². The molecule has 1 aromatic heterocycles. The molecule has 1 fully saturated rings. The van der Waals surface area contributed by atoms with Gasteiger partial charge in [0, 0.05) is 13.2 Å². The number of nitrogens with one attached hydrogen (secondary N) is 1. The third-order valence-corrected chi connectivity index (χ3v) is 5.21. The average molecular weight is 455 g/mol. The van der Waals surface area contributed by atoms with Crippen molar-refractivity contribution in [1.29, 1.82) is 0 Å². The summed E-state index contributed by atoms with van der Waals surface area (Å²) < 4.78 is 40.9. The highest BCUT2D eigenvalue weighted by molar-refractivity contribution is 5.91. The molecule has 1 amide bonds. The number of halogens is 1. The van der Waals surface area contributed by atoms with Crippen molar-refractivity contribution < 1.29 is 32.5 Å². The second kappa shape index (κ2) is 10.9. The molecule has 0 bridgehead atoms. The topological polar surface area (TPSA) is 79.2 Å². The Morgan fingerprint density at radius 1 is 1.09 bits per heavy atom. The maximum Gasteiger partial charge on any atom is 0.287 e. The Morgan fingerprint density at radius 3 is 2.70 bits per heavy atom. The predicted octanol–water partition coefficient (Wildman–Crippen LogP) is 4.49. The van der Waals surface area contributed by atoms with Crippen LogP contribution in [0.4, 0.5) is 4.39 Å². The summed E-state index contributed by atoms with van der Waals surface area (Å²) in [6, 6.07) is 14.5. The van der Waals surface area contributed by atoms with Crippen LogP contribution >= 0.6 is 0 Å². The molecular weight excluding hydrogens is 429 g/mol. The highest BCUT2D eigenvalue weighted by Crippen LogP contribution is 2.29. The molecule has 4 rings (SSSR count). The van der Waals surface area contributed by atoms with Crippen LogP contribution in [-0.2, 0) is 17.9 Å². The van der Waals surface area contributed by atoms with Gasteiger partial charge in [0.2, 0.25) is 0 Å². The lowest BCUT2D eigenvalue weighted by atomic mass is 10.2. The molecule has 0 spiro atoms. The molecule has 1 unspecified atom stereocenters. The van der Waals surface area contributed by atoms with Crippen molar-refractivity contribution in [1.82, 2.24) is 5.32 Å². The van der Waals surface area contributed by atoms with Crippen LogP contribution in [0.15, 0.2) is 59.0 Å². The van der Waals surface area contributed by atoms with E-state index in [0.29, 0.717) is 36.2 Å². The molecule has 0 saturated carbocycles. The summed E-state index contributed by atoms with van der Waals surface area (Å²) in [5.74, 6) is 1.72. The van der Waals surface area contributed by atoms with Crippen LogP contribution in [-0.4, -0.2) is 32.3 Å². The number of hydrogen-bond donors (Lipinski definition) is 1. The molecule has 7 nitrogen and oxygen atoms in total. The third-order valence-electron chi connectivity index (χ3n) is 5.21. The molecule has 1 atom stereocenters. The van der Waals surface area contributed by atoms with Crippen LogP contribution in [0, 0.1) is 5.82 Å². The molecule has 174 valence electrons. The summed E-state index contributed by atoms with van der Waals surface area (Å²) in [6.45, 7) is 1.69. The fraction of sp³-hybridized carbons (Fsp3) is 0.320. The molecule has 33 heavy (non-hydrogen) atoms. The average Bonchev–Trinajstić information content (AvgIpc) is 3.53. The first-order chi connectivity index (χ1) is 16.1. The monoisotopic (exact) mass is 455 g/mol. The summed E-state index contributed by atoms with van der Waals surface area (Å²) in [5.41, 5.74) is 0.857. The highest BCUT2D eigenvalue weighted by Gasteiger charge is 2.17. The Kier molecular flexibility index (Phi) is 7.47.